The Morgan fingerprint density at radius 2 is 0.963 bits per heavy atom. The lowest BCUT2D eigenvalue weighted by Gasteiger charge is -2.14. The Morgan fingerprint density at radius 3 is 1.81 bits per heavy atom. The number of nitrogens with zero attached hydrogens (tertiary/aromatic N) is 3. The van der Waals surface area contributed by atoms with E-state index in [0.717, 1.165) is 55.1 Å². The lowest BCUT2D eigenvalue weighted by molar-refractivity contribution is 0.669. The second-order valence-electron chi connectivity index (χ2n) is 14.1. The second kappa shape index (κ2) is 11.1. The van der Waals surface area contributed by atoms with Gasteiger partial charge < -0.3 is 4.42 Å². The van der Waals surface area contributed by atoms with Crippen molar-refractivity contribution >= 4 is 87.0 Å². The number of para-hydroxylation sites is 3. The highest BCUT2D eigenvalue weighted by Crippen LogP contribution is 2.43. The highest BCUT2D eigenvalue weighted by molar-refractivity contribution is 6.25. The molecule has 3 heterocycles. The molecule has 0 unspecified atom stereocenters. The van der Waals surface area contributed by atoms with Gasteiger partial charge in [0.25, 0.3) is 0 Å². The molecule has 0 amide bonds. The van der Waals surface area contributed by atoms with Crippen LogP contribution in [-0.2, 0) is 0 Å². The fraction of sp³-hybridized carbons (Fsp3) is 0. The Hall–Kier alpha value is -7.30. The molecule has 12 aromatic rings. The Kier molecular flexibility index (Phi) is 6.02. The van der Waals surface area contributed by atoms with Gasteiger partial charge in [-0.25, -0.2) is 9.97 Å². The maximum atomic E-state index is 6.27. The second-order valence-corrected chi connectivity index (χ2v) is 14.1. The van der Waals surface area contributed by atoms with Crippen LogP contribution in [0.25, 0.3) is 115 Å². The van der Waals surface area contributed by atoms with E-state index in [1.807, 2.05) is 12.1 Å². The molecule has 0 radical (unpaired) electrons. The van der Waals surface area contributed by atoms with Gasteiger partial charge in [-0.15, -0.1) is 0 Å². The first kappa shape index (κ1) is 29.3. The molecule has 0 saturated carbocycles. The molecule has 0 atom stereocenters. The first-order valence-corrected chi connectivity index (χ1v) is 18.3. The van der Waals surface area contributed by atoms with Crippen molar-refractivity contribution in [2.75, 3.05) is 0 Å². The van der Waals surface area contributed by atoms with Crippen LogP contribution in [0.1, 0.15) is 0 Å². The lowest BCUT2D eigenvalue weighted by Crippen LogP contribution is -2.03. The van der Waals surface area contributed by atoms with Gasteiger partial charge in [-0.1, -0.05) is 146 Å². The molecule has 250 valence electrons. The Bertz CT molecular complexity index is 3510. The van der Waals surface area contributed by atoms with Crippen LogP contribution < -0.4 is 0 Å². The van der Waals surface area contributed by atoms with Gasteiger partial charge in [-0.05, 0) is 73.8 Å². The van der Waals surface area contributed by atoms with Crippen molar-refractivity contribution in [2.45, 2.75) is 0 Å². The maximum absolute atomic E-state index is 6.27. The Morgan fingerprint density at radius 1 is 0.352 bits per heavy atom. The van der Waals surface area contributed by atoms with Crippen LogP contribution >= 0.6 is 0 Å². The van der Waals surface area contributed by atoms with E-state index in [-0.39, 0.29) is 0 Å². The van der Waals surface area contributed by atoms with Crippen LogP contribution in [0.3, 0.4) is 0 Å². The van der Waals surface area contributed by atoms with Crippen LogP contribution in [-0.4, -0.2) is 14.5 Å². The third-order valence-electron chi connectivity index (χ3n) is 11.2. The predicted molar refractivity (Wildman–Crippen MR) is 225 cm³/mol. The third-order valence-corrected chi connectivity index (χ3v) is 11.2. The fourth-order valence-electron chi connectivity index (χ4n) is 8.89. The Labute approximate surface area is 309 Å². The zero-order valence-electron chi connectivity index (χ0n) is 29.0. The molecular weight excluding hydrogens is 659 g/mol. The molecule has 0 aliphatic heterocycles. The minimum atomic E-state index is 0.656. The largest absolute Gasteiger partial charge is 0.456 e. The number of rotatable bonds is 3. The van der Waals surface area contributed by atoms with Crippen LogP contribution in [0.4, 0.5) is 0 Å². The van der Waals surface area contributed by atoms with Gasteiger partial charge in [0.1, 0.15) is 11.2 Å². The number of hydrogen-bond donors (Lipinski definition) is 0. The van der Waals surface area contributed by atoms with E-state index in [0.29, 0.717) is 5.95 Å². The van der Waals surface area contributed by atoms with Crippen molar-refractivity contribution in [3.63, 3.8) is 0 Å². The SMILES string of the molecule is c1ccc2c(-c3nc(-n4c5ccccc5c5c6cccc(-c7cccc8c7ccc7oc9ccccc9c78)c6ccc54)nc4ccccc34)cccc2c1. The first-order valence-electron chi connectivity index (χ1n) is 18.3. The molecule has 9 aromatic carbocycles. The number of benzene rings is 9. The first-order chi connectivity index (χ1) is 26.8. The molecule has 0 spiro atoms. The standard InChI is InChI=1S/C50H29N3O/c1-2-14-31-30(12-1)13-9-22-38(31)49-39-15-3-6-23-42(39)51-50(52-49)53-43-24-7-4-16-40(43)47-36-20-10-18-32(34(36)26-28-44(47)53)33-19-11-21-37-35(33)27-29-46-48(37)41-17-5-8-25-45(41)54-46/h1-29H. The molecule has 54 heavy (non-hydrogen) atoms. The van der Waals surface area contributed by atoms with E-state index in [1.54, 1.807) is 0 Å². The molecule has 0 aliphatic rings. The molecule has 4 nitrogen and oxygen atoms in total. The fourth-order valence-corrected chi connectivity index (χ4v) is 8.89. The zero-order valence-corrected chi connectivity index (χ0v) is 29.0. The summed E-state index contributed by atoms with van der Waals surface area (Å²) >= 11 is 0. The molecule has 12 rings (SSSR count). The van der Waals surface area contributed by atoms with Gasteiger partial charge in [0.2, 0.25) is 5.95 Å². The summed E-state index contributed by atoms with van der Waals surface area (Å²) in [5, 5.41) is 12.9. The molecule has 0 bridgehead atoms. The zero-order chi connectivity index (χ0) is 35.3. The average Bonchev–Trinajstić information content (AvgIpc) is 3.79. The number of hydrogen-bond acceptors (Lipinski definition) is 3. The normalized spacial score (nSPS) is 12.1. The van der Waals surface area contributed by atoms with Crippen molar-refractivity contribution in [1.82, 2.24) is 14.5 Å². The molecule has 4 heteroatoms. The summed E-state index contributed by atoms with van der Waals surface area (Å²) in [6, 6.07) is 62.5. The summed E-state index contributed by atoms with van der Waals surface area (Å²) in [5.74, 6) is 0.656. The summed E-state index contributed by atoms with van der Waals surface area (Å²) in [7, 11) is 0. The minimum Gasteiger partial charge on any atom is -0.456 e. The molecular formula is C50H29N3O. The van der Waals surface area contributed by atoms with E-state index < -0.39 is 0 Å². The smallest absolute Gasteiger partial charge is 0.235 e. The van der Waals surface area contributed by atoms with Crippen molar-refractivity contribution in [1.29, 1.82) is 0 Å². The molecule has 3 aromatic heterocycles. The summed E-state index contributed by atoms with van der Waals surface area (Å²) in [6.45, 7) is 0. The van der Waals surface area contributed by atoms with E-state index in [4.69, 9.17) is 14.4 Å². The number of fused-ring (bicyclic) bond motifs is 12. The summed E-state index contributed by atoms with van der Waals surface area (Å²) in [6.07, 6.45) is 0. The highest BCUT2D eigenvalue weighted by atomic mass is 16.3. The average molecular weight is 688 g/mol. The van der Waals surface area contributed by atoms with Gasteiger partial charge in [0, 0.05) is 32.5 Å². The van der Waals surface area contributed by atoms with Crippen molar-refractivity contribution in [3.05, 3.63) is 176 Å². The monoisotopic (exact) mass is 687 g/mol. The van der Waals surface area contributed by atoms with Gasteiger partial charge in [0.15, 0.2) is 0 Å². The van der Waals surface area contributed by atoms with E-state index >= 15 is 0 Å². The van der Waals surface area contributed by atoms with Crippen LogP contribution in [0, 0.1) is 0 Å². The lowest BCUT2D eigenvalue weighted by atomic mass is 9.91. The van der Waals surface area contributed by atoms with Gasteiger partial charge in [-0.2, -0.15) is 0 Å². The molecule has 0 N–H and O–H groups in total. The highest BCUT2D eigenvalue weighted by Gasteiger charge is 2.21. The predicted octanol–water partition coefficient (Wildman–Crippen LogP) is 13.4. The van der Waals surface area contributed by atoms with Gasteiger partial charge in [-0.3, -0.25) is 4.57 Å². The molecule has 0 saturated heterocycles. The van der Waals surface area contributed by atoms with E-state index in [1.165, 1.54) is 54.2 Å². The molecule has 0 aliphatic carbocycles. The number of furan rings is 1. The van der Waals surface area contributed by atoms with E-state index in [2.05, 4.69) is 168 Å². The minimum absolute atomic E-state index is 0.656. The maximum Gasteiger partial charge on any atom is 0.235 e. The third kappa shape index (κ3) is 4.08. The summed E-state index contributed by atoms with van der Waals surface area (Å²) in [4.78, 5) is 10.7. The number of aromatic nitrogens is 3. The van der Waals surface area contributed by atoms with Crippen LogP contribution in [0.2, 0.25) is 0 Å². The Balaban J connectivity index is 1.13. The summed E-state index contributed by atoms with van der Waals surface area (Å²) in [5.41, 5.74) is 9.30. The topological polar surface area (TPSA) is 43.9 Å². The van der Waals surface area contributed by atoms with Crippen LogP contribution in [0.5, 0.6) is 0 Å². The van der Waals surface area contributed by atoms with Crippen molar-refractivity contribution in [2.24, 2.45) is 0 Å². The van der Waals surface area contributed by atoms with Crippen molar-refractivity contribution < 1.29 is 4.42 Å². The quantitative estimate of drug-likeness (QED) is 0.186. The van der Waals surface area contributed by atoms with Crippen LogP contribution in [0.15, 0.2) is 180 Å². The van der Waals surface area contributed by atoms with Gasteiger partial charge in [0.05, 0.1) is 22.2 Å². The van der Waals surface area contributed by atoms with E-state index in [9.17, 15) is 0 Å². The summed E-state index contributed by atoms with van der Waals surface area (Å²) < 4.78 is 8.51. The van der Waals surface area contributed by atoms with Crippen molar-refractivity contribution in [3.8, 4) is 28.3 Å². The molecule has 0 fully saturated rings. The van der Waals surface area contributed by atoms with Gasteiger partial charge >= 0.3 is 0 Å².